The predicted molar refractivity (Wildman–Crippen MR) is 181 cm³/mol. The number of amides is 4. The van der Waals surface area contributed by atoms with Crippen molar-refractivity contribution in [1.29, 1.82) is 0 Å². The summed E-state index contributed by atoms with van der Waals surface area (Å²) in [6, 6.07) is -3.16. The highest BCUT2D eigenvalue weighted by atomic mass is 32.2. The minimum absolute atomic E-state index is 0.0889. The predicted octanol–water partition coefficient (Wildman–Crippen LogP) is 0.942. The molecule has 4 aliphatic rings. The fraction of sp³-hybridized carbons (Fsp3) is 0.606. The highest BCUT2D eigenvalue weighted by Crippen LogP contribution is 2.45. The molecule has 3 heterocycles. The molecule has 1 aliphatic heterocycles. The van der Waals surface area contributed by atoms with E-state index < -0.39 is 80.1 Å². The van der Waals surface area contributed by atoms with Gasteiger partial charge in [-0.3, -0.25) is 28.5 Å². The number of ether oxygens (including phenoxy) is 2. The number of nitrogens with one attached hydrogen (secondary N) is 3. The fourth-order valence-electron chi connectivity index (χ4n) is 6.99. The molecule has 0 aromatic carbocycles. The SMILES string of the molecule is C=C[C@@H]1C[C@]1(NC(=O)[C@@H]1C[C@@H](n2ncc(OC)c(-n3ccnc3)c2=O)CN1C(=O)[C@@H](NC(=O)OC1CCCC1)C(C)C)C(=O)NS(=O)(=O)C1CC1. The van der Waals surface area contributed by atoms with E-state index >= 15 is 0 Å². The molecular weight excluding hydrogens is 684 g/mol. The molecule has 1 saturated heterocycles. The van der Waals surface area contributed by atoms with Crippen LogP contribution in [0.15, 0.2) is 42.4 Å². The van der Waals surface area contributed by atoms with Crippen LogP contribution < -0.4 is 25.7 Å². The monoisotopic (exact) mass is 728 g/mol. The smallest absolute Gasteiger partial charge is 0.408 e. The largest absolute Gasteiger partial charge is 0.493 e. The molecule has 0 radical (unpaired) electrons. The summed E-state index contributed by atoms with van der Waals surface area (Å²) in [5, 5.41) is 9.08. The number of aromatic nitrogens is 4. The van der Waals surface area contributed by atoms with Crippen molar-refractivity contribution < 1.29 is 37.1 Å². The van der Waals surface area contributed by atoms with Gasteiger partial charge in [-0.15, -0.1) is 6.58 Å². The Kier molecular flexibility index (Phi) is 9.98. The highest BCUT2D eigenvalue weighted by molar-refractivity contribution is 7.91. The third kappa shape index (κ3) is 7.23. The summed E-state index contributed by atoms with van der Waals surface area (Å²) in [6.07, 6.45) is 10.6. The number of carbonyl (C=O) groups is 4. The van der Waals surface area contributed by atoms with Gasteiger partial charge in [0.25, 0.3) is 11.5 Å². The number of carbonyl (C=O) groups excluding carboxylic acids is 4. The Morgan fingerprint density at radius 2 is 1.86 bits per heavy atom. The van der Waals surface area contributed by atoms with Crippen molar-refractivity contribution in [3.63, 3.8) is 0 Å². The fourth-order valence-corrected chi connectivity index (χ4v) is 8.36. The van der Waals surface area contributed by atoms with Gasteiger partial charge in [0, 0.05) is 31.3 Å². The number of alkyl carbamates (subject to hydrolysis) is 1. The number of likely N-dealkylation sites (tertiary alicyclic amines) is 1. The second-order valence-electron chi connectivity index (χ2n) is 14.0. The summed E-state index contributed by atoms with van der Waals surface area (Å²) in [4.78, 5) is 74.2. The molecule has 0 unspecified atom stereocenters. The van der Waals surface area contributed by atoms with Crippen molar-refractivity contribution in [3.05, 3.63) is 47.9 Å². The summed E-state index contributed by atoms with van der Waals surface area (Å²) in [5.41, 5.74) is -2.05. The van der Waals surface area contributed by atoms with Crippen LogP contribution in [0.1, 0.15) is 71.3 Å². The lowest BCUT2D eigenvalue weighted by Gasteiger charge is -2.31. The van der Waals surface area contributed by atoms with E-state index in [0.717, 1.165) is 25.7 Å². The van der Waals surface area contributed by atoms with E-state index in [1.54, 1.807) is 20.0 Å². The standard InChI is InChI=1S/C33H44N8O9S/c1-5-20-15-33(20,31(45)38-51(47,48)23-10-11-23)37-28(42)24-14-21(41-30(44)27(25(49-4)16-35-41)39-13-12-34-18-39)17-40(24)29(43)26(19(2)3)36-32(46)50-22-8-6-7-9-22/h5,12-13,16,18-24,26H,1,6-11,14-15,17H2,2-4H3,(H,36,46)(H,37,42)(H,38,45)/t20-,21-,24+,26+,33-/m1/s1. The summed E-state index contributed by atoms with van der Waals surface area (Å²) in [6.45, 7) is 7.08. The van der Waals surface area contributed by atoms with Crippen LogP contribution in [0.5, 0.6) is 5.75 Å². The van der Waals surface area contributed by atoms with E-state index in [2.05, 4.69) is 32.0 Å². The molecule has 0 spiro atoms. The molecule has 3 aliphatic carbocycles. The van der Waals surface area contributed by atoms with E-state index in [1.807, 2.05) is 0 Å². The van der Waals surface area contributed by atoms with Crippen LogP contribution in [-0.2, 0) is 29.1 Å². The maximum Gasteiger partial charge on any atom is 0.408 e. The average Bonchev–Trinajstić information content (AvgIpc) is 3.84. The second kappa shape index (κ2) is 14.1. The molecule has 2 aromatic rings. The lowest BCUT2D eigenvalue weighted by atomic mass is 10.0. The molecule has 4 fully saturated rings. The van der Waals surface area contributed by atoms with Gasteiger partial charge in [-0.1, -0.05) is 19.9 Å². The van der Waals surface area contributed by atoms with E-state index in [-0.39, 0.29) is 36.9 Å². The quantitative estimate of drug-likeness (QED) is 0.247. The van der Waals surface area contributed by atoms with Crippen LogP contribution in [0.3, 0.4) is 0 Å². The van der Waals surface area contributed by atoms with E-state index in [4.69, 9.17) is 9.47 Å². The molecule has 17 nitrogen and oxygen atoms in total. The maximum atomic E-state index is 14.4. The topological polar surface area (TPSA) is 213 Å². The number of sulfonamides is 1. The summed E-state index contributed by atoms with van der Waals surface area (Å²) >= 11 is 0. The highest BCUT2D eigenvalue weighted by Gasteiger charge is 2.62. The van der Waals surface area contributed by atoms with Crippen LogP contribution in [0, 0.1) is 11.8 Å². The van der Waals surface area contributed by atoms with Crippen molar-refractivity contribution in [1.82, 2.24) is 39.6 Å². The van der Waals surface area contributed by atoms with E-state index in [1.165, 1.54) is 46.1 Å². The van der Waals surface area contributed by atoms with Gasteiger partial charge in [-0.05, 0) is 50.9 Å². The molecule has 276 valence electrons. The number of hydrogen-bond donors (Lipinski definition) is 3. The first-order valence-corrected chi connectivity index (χ1v) is 18.8. The zero-order chi connectivity index (χ0) is 36.7. The molecule has 3 saturated carbocycles. The van der Waals surface area contributed by atoms with Gasteiger partial charge in [-0.2, -0.15) is 5.10 Å². The Bertz CT molecular complexity index is 1850. The van der Waals surface area contributed by atoms with Crippen LogP contribution in [0.25, 0.3) is 5.69 Å². The summed E-state index contributed by atoms with van der Waals surface area (Å²) < 4.78 is 41.0. The Morgan fingerprint density at radius 3 is 2.45 bits per heavy atom. The van der Waals surface area contributed by atoms with Crippen molar-refractivity contribution in [3.8, 4) is 11.4 Å². The van der Waals surface area contributed by atoms with E-state index in [0.29, 0.717) is 12.8 Å². The van der Waals surface area contributed by atoms with Crippen molar-refractivity contribution in [2.45, 2.75) is 100 Å². The Hall–Kier alpha value is -4.74. The van der Waals surface area contributed by atoms with Gasteiger partial charge in [0.1, 0.15) is 23.7 Å². The molecule has 6 rings (SSSR count). The number of hydrogen-bond acceptors (Lipinski definition) is 11. The first-order valence-electron chi connectivity index (χ1n) is 17.2. The Labute approximate surface area is 295 Å². The summed E-state index contributed by atoms with van der Waals surface area (Å²) in [5.74, 6) is -3.02. The van der Waals surface area contributed by atoms with Crippen molar-refractivity contribution in [2.75, 3.05) is 13.7 Å². The number of rotatable bonds is 13. The van der Waals surface area contributed by atoms with Gasteiger partial charge in [0.2, 0.25) is 21.8 Å². The van der Waals surface area contributed by atoms with Crippen LogP contribution in [-0.4, -0.2) is 99.1 Å². The Balaban J connectivity index is 1.31. The number of methoxy groups -OCH3 is 1. The molecule has 5 atom stereocenters. The average molecular weight is 729 g/mol. The molecular formula is C33H44N8O9S. The van der Waals surface area contributed by atoms with Gasteiger partial charge in [0.15, 0.2) is 11.4 Å². The van der Waals surface area contributed by atoms with Crippen LogP contribution in [0.4, 0.5) is 4.79 Å². The summed E-state index contributed by atoms with van der Waals surface area (Å²) in [7, 11) is -2.53. The first-order chi connectivity index (χ1) is 24.3. The lowest BCUT2D eigenvalue weighted by Crippen LogP contribution is -2.59. The first kappa shape index (κ1) is 36.1. The zero-order valence-corrected chi connectivity index (χ0v) is 29.6. The molecule has 2 aromatic heterocycles. The number of nitrogens with zero attached hydrogens (tertiary/aromatic N) is 5. The zero-order valence-electron chi connectivity index (χ0n) is 28.8. The van der Waals surface area contributed by atoms with Gasteiger partial charge in [-0.25, -0.2) is 22.9 Å². The lowest BCUT2D eigenvalue weighted by molar-refractivity contribution is -0.141. The maximum absolute atomic E-state index is 14.4. The third-order valence-electron chi connectivity index (χ3n) is 10.2. The molecule has 3 N–H and O–H groups in total. The van der Waals surface area contributed by atoms with Gasteiger partial charge >= 0.3 is 6.09 Å². The molecule has 51 heavy (non-hydrogen) atoms. The van der Waals surface area contributed by atoms with Gasteiger partial charge < -0.3 is 25.0 Å². The minimum atomic E-state index is -3.92. The van der Waals surface area contributed by atoms with Crippen LogP contribution >= 0.6 is 0 Å². The van der Waals surface area contributed by atoms with Crippen molar-refractivity contribution in [2.24, 2.45) is 11.8 Å². The number of imidazole rings is 1. The minimum Gasteiger partial charge on any atom is -0.493 e. The van der Waals surface area contributed by atoms with Crippen molar-refractivity contribution >= 4 is 33.8 Å². The van der Waals surface area contributed by atoms with Gasteiger partial charge in [0.05, 0.1) is 30.9 Å². The third-order valence-corrected chi connectivity index (χ3v) is 12.0. The Morgan fingerprint density at radius 1 is 1.14 bits per heavy atom. The molecule has 4 amide bonds. The molecule has 18 heteroatoms. The normalized spacial score (nSPS) is 25.3. The second-order valence-corrected chi connectivity index (χ2v) is 16.0. The molecule has 0 bridgehead atoms. The van der Waals surface area contributed by atoms with E-state index in [9.17, 15) is 32.4 Å². The van der Waals surface area contributed by atoms with Crippen LogP contribution in [0.2, 0.25) is 0 Å².